The number of terminal acetylenes is 1. The highest BCUT2D eigenvalue weighted by molar-refractivity contribution is 5.82. The predicted molar refractivity (Wildman–Crippen MR) is 131 cm³/mol. The molecule has 9 nitrogen and oxygen atoms in total. The molecule has 0 aromatic carbocycles. The zero-order chi connectivity index (χ0) is 26.0. The van der Waals surface area contributed by atoms with E-state index in [1.165, 1.54) is 0 Å². The van der Waals surface area contributed by atoms with Gasteiger partial charge < -0.3 is 24.6 Å². The Kier molecular flexibility index (Phi) is 10.9. The summed E-state index contributed by atoms with van der Waals surface area (Å²) in [5.74, 6) is 0.964. The standard InChI is InChI=1S/C26H41N3O6/c1-6-20(24(32)34-7-2)17-27-23(31)21-9-8-14-29(18-21)22(30)11-10-19-12-15-28(16-13-19)25(33)35-26(3,4)5/h1,19-21H,7-18H2,2-5H3,(H,27,31)/t20?,21-/m0/s1. The Morgan fingerprint density at radius 1 is 1.09 bits per heavy atom. The first-order valence-electron chi connectivity index (χ1n) is 12.7. The van der Waals surface area contributed by atoms with Crippen molar-refractivity contribution in [1.29, 1.82) is 0 Å². The van der Waals surface area contributed by atoms with Crippen LogP contribution >= 0.6 is 0 Å². The topological polar surface area (TPSA) is 105 Å². The highest BCUT2D eigenvalue weighted by Gasteiger charge is 2.31. The second-order valence-corrected chi connectivity index (χ2v) is 10.3. The molecule has 0 saturated carbocycles. The molecule has 0 aromatic rings. The predicted octanol–water partition coefficient (Wildman–Crippen LogP) is 2.58. The second kappa shape index (κ2) is 13.4. The fourth-order valence-corrected chi connectivity index (χ4v) is 4.43. The molecular weight excluding hydrogens is 450 g/mol. The molecule has 2 aliphatic rings. The van der Waals surface area contributed by atoms with Crippen LogP contribution in [0.4, 0.5) is 4.79 Å². The van der Waals surface area contributed by atoms with Crippen LogP contribution in [0.2, 0.25) is 0 Å². The molecule has 2 aliphatic heterocycles. The van der Waals surface area contributed by atoms with E-state index < -0.39 is 17.5 Å². The monoisotopic (exact) mass is 491 g/mol. The van der Waals surface area contributed by atoms with Gasteiger partial charge in [-0.2, -0.15) is 0 Å². The van der Waals surface area contributed by atoms with Gasteiger partial charge in [-0.05, 0) is 65.7 Å². The number of amides is 3. The molecule has 0 aliphatic carbocycles. The lowest BCUT2D eigenvalue weighted by Gasteiger charge is -2.34. The van der Waals surface area contributed by atoms with Gasteiger partial charge in [0.25, 0.3) is 0 Å². The Hall–Kier alpha value is -2.76. The van der Waals surface area contributed by atoms with E-state index >= 15 is 0 Å². The maximum absolute atomic E-state index is 12.8. The molecule has 0 aromatic heterocycles. The first-order chi connectivity index (χ1) is 16.5. The summed E-state index contributed by atoms with van der Waals surface area (Å²) >= 11 is 0. The lowest BCUT2D eigenvalue weighted by atomic mass is 9.91. The zero-order valence-corrected chi connectivity index (χ0v) is 21.6. The van der Waals surface area contributed by atoms with Crippen LogP contribution in [0.25, 0.3) is 0 Å². The lowest BCUT2D eigenvalue weighted by molar-refractivity contribution is -0.145. The molecule has 35 heavy (non-hydrogen) atoms. The van der Waals surface area contributed by atoms with Crippen LogP contribution in [0, 0.1) is 30.1 Å². The fraction of sp³-hybridized carbons (Fsp3) is 0.769. The minimum Gasteiger partial charge on any atom is -0.465 e. The van der Waals surface area contributed by atoms with E-state index in [1.807, 2.05) is 20.8 Å². The van der Waals surface area contributed by atoms with Gasteiger partial charge in [-0.1, -0.05) is 5.92 Å². The minimum atomic E-state index is -0.818. The third-order valence-electron chi connectivity index (χ3n) is 6.43. The zero-order valence-electron chi connectivity index (χ0n) is 21.6. The number of hydrogen-bond donors (Lipinski definition) is 1. The quantitative estimate of drug-likeness (QED) is 0.413. The van der Waals surface area contributed by atoms with Crippen molar-refractivity contribution in [1.82, 2.24) is 15.1 Å². The van der Waals surface area contributed by atoms with E-state index in [2.05, 4.69) is 11.2 Å². The van der Waals surface area contributed by atoms with Crippen molar-refractivity contribution in [2.45, 2.75) is 71.8 Å². The maximum atomic E-state index is 12.8. The first-order valence-corrected chi connectivity index (χ1v) is 12.7. The van der Waals surface area contributed by atoms with Gasteiger partial charge in [-0.25, -0.2) is 4.79 Å². The van der Waals surface area contributed by atoms with Crippen LogP contribution in [0.3, 0.4) is 0 Å². The number of nitrogens with one attached hydrogen (secondary N) is 1. The smallest absolute Gasteiger partial charge is 0.410 e. The molecule has 0 spiro atoms. The van der Waals surface area contributed by atoms with E-state index in [4.69, 9.17) is 15.9 Å². The van der Waals surface area contributed by atoms with Crippen LogP contribution in [0.5, 0.6) is 0 Å². The van der Waals surface area contributed by atoms with Crippen molar-refractivity contribution in [3.63, 3.8) is 0 Å². The largest absolute Gasteiger partial charge is 0.465 e. The molecule has 2 fully saturated rings. The van der Waals surface area contributed by atoms with Gasteiger partial charge >= 0.3 is 12.1 Å². The summed E-state index contributed by atoms with van der Waals surface area (Å²) in [5.41, 5.74) is -0.506. The van der Waals surface area contributed by atoms with Crippen LogP contribution in [0.15, 0.2) is 0 Å². The van der Waals surface area contributed by atoms with E-state index in [-0.39, 0.29) is 37.0 Å². The van der Waals surface area contributed by atoms with Gasteiger partial charge in [0.15, 0.2) is 0 Å². The highest BCUT2D eigenvalue weighted by Crippen LogP contribution is 2.25. The highest BCUT2D eigenvalue weighted by atomic mass is 16.6. The van der Waals surface area contributed by atoms with E-state index in [0.29, 0.717) is 44.9 Å². The normalized spacial score (nSPS) is 19.9. The van der Waals surface area contributed by atoms with Crippen molar-refractivity contribution in [2.75, 3.05) is 39.3 Å². The molecule has 3 amide bonds. The minimum absolute atomic E-state index is 0.0284. The number of esters is 1. The van der Waals surface area contributed by atoms with E-state index in [1.54, 1.807) is 16.7 Å². The summed E-state index contributed by atoms with van der Waals surface area (Å²) in [6, 6.07) is 0. The summed E-state index contributed by atoms with van der Waals surface area (Å²) in [4.78, 5) is 53.0. The molecule has 0 bridgehead atoms. The van der Waals surface area contributed by atoms with Crippen molar-refractivity contribution in [2.24, 2.45) is 17.8 Å². The summed E-state index contributed by atoms with van der Waals surface area (Å²) in [6.45, 7) is 9.84. The summed E-state index contributed by atoms with van der Waals surface area (Å²) in [6.07, 6.45) is 9.49. The summed E-state index contributed by atoms with van der Waals surface area (Å²) in [5, 5.41) is 2.75. The second-order valence-electron chi connectivity index (χ2n) is 10.3. The van der Waals surface area contributed by atoms with Crippen molar-refractivity contribution >= 4 is 23.9 Å². The molecule has 196 valence electrons. The SMILES string of the molecule is C#CC(CNC(=O)[C@H]1CCCN(C(=O)CCC2CCN(C(=O)OC(C)(C)C)CC2)C1)C(=O)OCC. The number of rotatable bonds is 8. The number of hydrogen-bond acceptors (Lipinski definition) is 6. The molecule has 9 heteroatoms. The van der Waals surface area contributed by atoms with Gasteiger partial charge in [0, 0.05) is 39.1 Å². The molecule has 2 saturated heterocycles. The lowest BCUT2D eigenvalue weighted by Crippen LogP contribution is -2.46. The van der Waals surface area contributed by atoms with Gasteiger partial charge in [0.2, 0.25) is 11.8 Å². The summed E-state index contributed by atoms with van der Waals surface area (Å²) < 4.78 is 10.4. The first kappa shape index (κ1) is 28.5. The van der Waals surface area contributed by atoms with Crippen molar-refractivity contribution < 1.29 is 28.7 Å². The van der Waals surface area contributed by atoms with Gasteiger partial charge in [0.05, 0.1) is 12.5 Å². The Labute approximate surface area is 209 Å². The van der Waals surface area contributed by atoms with Crippen molar-refractivity contribution in [3.05, 3.63) is 0 Å². The average Bonchev–Trinajstić information content (AvgIpc) is 2.82. The molecule has 1 unspecified atom stereocenters. The number of nitrogens with zero attached hydrogens (tertiary/aromatic N) is 2. The Morgan fingerprint density at radius 2 is 1.77 bits per heavy atom. The number of likely N-dealkylation sites (tertiary alicyclic amines) is 2. The molecule has 2 heterocycles. The van der Waals surface area contributed by atoms with Gasteiger partial charge in [-0.15, -0.1) is 6.42 Å². The van der Waals surface area contributed by atoms with E-state index in [9.17, 15) is 19.2 Å². The van der Waals surface area contributed by atoms with Crippen LogP contribution in [-0.2, 0) is 23.9 Å². The van der Waals surface area contributed by atoms with Crippen LogP contribution < -0.4 is 5.32 Å². The number of carbonyl (C=O) groups excluding carboxylic acids is 4. The Bertz CT molecular complexity index is 792. The molecule has 1 N–H and O–H groups in total. The third-order valence-corrected chi connectivity index (χ3v) is 6.43. The average molecular weight is 492 g/mol. The van der Waals surface area contributed by atoms with Crippen LogP contribution in [0.1, 0.15) is 66.2 Å². The molecule has 0 radical (unpaired) electrons. The molecular formula is C26H41N3O6. The fourth-order valence-electron chi connectivity index (χ4n) is 4.43. The summed E-state index contributed by atoms with van der Waals surface area (Å²) in [7, 11) is 0. The Morgan fingerprint density at radius 3 is 2.37 bits per heavy atom. The van der Waals surface area contributed by atoms with Gasteiger partial charge in [0.1, 0.15) is 11.5 Å². The number of piperidine rings is 2. The maximum Gasteiger partial charge on any atom is 0.410 e. The molecule has 2 atom stereocenters. The van der Waals surface area contributed by atoms with Gasteiger partial charge in [-0.3, -0.25) is 14.4 Å². The number of ether oxygens (including phenoxy) is 2. The Balaban J connectivity index is 1.73. The van der Waals surface area contributed by atoms with Crippen LogP contribution in [-0.4, -0.2) is 78.6 Å². The van der Waals surface area contributed by atoms with Crippen molar-refractivity contribution in [3.8, 4) is 12.3 Å². The third kappa shape index (κ3) is 9.42. The molecule has 2 rings (SSSR count). The van der Waals surface area contributed by atoms with E-state index in [0.717, 1.165) is 25.7 Å². The number of carbonyl (C=O) groups is 4.